The van der Waals surface area contributed by atoms with Crippen molar-refractivity contribution in [2.24, 2.45) is 0 Å². The fourth-order valence-corrected chi connectivity index (χ4v) is 3.39. The number of rotatable bonds is 6. The van der Waals surface area contributed by atoms with Gasteiger partial charge in [-0.3, -0.25) is 4.79 Å². The second-order valence-corrected chi connectivity index (χ2v) is 6.96. The van der Waals surface area contributed by atoms with Gasteiger partial charge in [-0.1, -0.05) is 36.4 Å². The molecule has 1 fully saturated rings. The molecule has 1 aliphatic rings. The van der Waals surface area contributed by atoms with Crippen molar-refractivity contribution in [2.45, 2.75) is 6.42 Å². The van der Waals surface area contributed by atoms with Crippen LogP contribution in [0.1, 0.15) is 21.7 Å². The van der Waals surface area contributed by atoms with Gasteiger partial charge in [0.1, 0.15) is 12.4 Å². The van der Waals surface area contributed by atoms with Crippen LogP contribution in [0.2, 0.25) is 0 Å². The first-order valence-corrected chi connectivity index (χ1v) is 9.71. The van der Waals surface area contributed by atoms with Gasteiger partial charge in [-0.2, -0.15) is 0 Å². The van der Waals surface area contributed by atoms with Crippen LogP contribution in [-0.4, -0.2) is 53.8 Å². The summed E-state index contributed by atoms with van der Waals surface area (Å²) < 4.78 is 5.41. The maximum atomic E-state index is 11.6. The molecule has 0 radical (unpaired) electrons. The molecule has 0 bridgehead atoms. The maximum absolute atomic E-state index is 11.6. The van der Waals surface area contributed by atoms with Gasteiger partial charge < -0.3 is 14.7 Å². The van der Waals surface area contributed by atoms with Gasteiger partial charge in [0.15, 0.2) is 5.78 Å². The largest absolute Gasteiger partial charge is 0.388 e. The lowest BCUT2D eigenvalue weighted by atomic mass is 10.1. The number of aliphatic hydroxyl groups excluding tert-OH is 1. The van der Waals surface area contributed by atoms with Gasteiger partial charge in [-0.05, 0) is 23.8 Å². The smallest absolute Gasteiger partial charge is 0.188 e. The molecular formula is C23H23N3O3. The quantitative estimate of drug-likeness (QED) is 0.654. The van der Waals surface area contributed by atoms with Gasteiger partial charge in [0.05, 0.1) is 18.9 Å². The lowest BCUT2D eigenvalue weighted by Gasteiger charge is -2.28. The Morgan fingerprint density at radius 1 is 1.00 bits per heavy atom. The van der Waals surface area contributed by atoms with E-state index in [9.17, 15) is 4.79 Å². The summed E-state index contributed by atoms with van der Waals surface area (Å²) in [6, 6.07) is 17.5. The average molecular weight is 389 g/mol. The molecule has 1 N–H and O–H groups in total. The number of Topliss-reactive ketones (excluding diaryl/α,β-unsaturated/α-hetero) is 1. The Morgan fingerprint density at radius 2 is 1.72 bits per heavy atom. The van der Waals surface area contributed by atoms with Crippen molar-refractivity contribution >= 4 is 11.5 Å². The van der Waals surface area contributed by atoms with Crippen LogP contribution in [0.25, 0.3) is 11.3 Å². The Morgan fingerprint density at radius 3 is 2.41 bits per heavy atom. The molecule has 1 aromatic heterocycles. The van der Waals surface area contributed by atoms with Crippen LogP contribution in [0.15, 0.2) is 60.8 Å². The molecule has 0 aliphatic carbocycles. The average Bonchev–Trinajstić information content (AvgIpc) is 2.80. The number of aromatic nitrogens is 2. The second-order valence-electron chi connectivity index (χ2n) is 6.96. The maximum Gasteiger partial charge on any atom is 0.188 e. The van der Waals surface area contributed by atoms with Gasteiger partial charge in [-0.15, -0.1) is 0 Å². The normalized spacial score (nSPS) is 14.0. The number of morpholine rings is 1. The molecule has 0 amide bonds. The van der Waals surface area contributed by atoms with Gasteiger partial charge in [0, 0.05) is 42.5 Å². The van der Waals surface area contributed by atoms with Crippen molar-refractivity contribution < 1.29 is 14.6 Å². The predicted molar refractivity (Wildman–Crippen MR) is 111 cm³/mol. The molecule has 0 spiro atoms. The molecule has 6 nitrogen and oxygen atoms in total. The van der Waals surface area contributed by atoms with Crippen molar-refractivity contribution in [1.82, 2.24) is 9.97 Å². The molecule has 4 rings (SSSR count). The van der Waals surface area contributed by atoms with Gasteiger partial charge >= 0.3 is 0 Å². The SMILES string of the molecule is O=C(CO)c1ccc(-c2ccnc(Cc3ccc(N4CCOCC4)cc3)n2)cc1. The van der Waals surface area contributed by atoms with Gasteiger partial charge in [-0.25, -0.2) is 9.97 Å². The van der Waals surface area contributed by atoms with Gasteiger partial charge in [0.2, 0.25) is 0 Å². The number of carbonyl (C=O) groups excluding carboxylic acids is 1. The van der Waals surface area contributed by atoms with Crippen molar-refractivity contribution in [1.29, 1.82) is 0 Å². The zero-order valence-electron chi connectivity index (χ0n) is 16.1. The van der Waals surface area contributed by atoms with E-state index < -0.39 is 6.61 Å². The Hall–Kier alpha value is -3.09. The minimum absolute atomic E-state index is 0.291. The Kier molecular flexibility index (Phi) is 5.93. The van der Waals surface area contributed by atoms with E-state index in [2.05, 4.69) is 39.1 Å². The molecule has 3 aromatic rings. The summed E-state index contributed by atoms with van der Waals surface area (Å²) in [5, 5.41) is 8.96. The van der Waals surface area contributed by atoms with E-state index >= 15 is 0 Å². The number of hydrogen-bond acceptors (Lipinski definition) is 6. The Labute approximate surface area is 169 Å². The number of ketones is 1. The highest BCUT2D eigenvalue weighted by Crippen LogP contribution is 2.20. The number of carbonyl (C=O) groups is 1. The van der Waals surface area contributed by atoms with E-state index in [0.29, 0.717) is 12.0 Å². The first-order chi connectivity index (χ1) is 14.2. The van der Waals surface area contributed by atoms with E-state index in [0.717, 1.165) is 48.9 Å². The number of ether oxygens (including phenoxy) is 1. The third kappa shape index (κ3) is 4.67. The molecular weight excluding hydrogens is 366 g/mol. The van der Waals surface area contributed by atoms with Crippen LogP contribution < -0.4 is 4.90 Å². The molecule has 0 atom stereocenters. The molecule has 1 aliphatic heterocycles. The third-order valence-electron chi connectivity index (χ3n) is 5.03. The highest BCUT2D eigenvalue weighted by molar-refractivity contribution is 5.97. The van der Waals surface area contributed by atoms with E-state index in [4.69, 9.17) is 9.84 Å². The van der Waals surface area contributed by atoms with Crippen LogP contribution in [0, 0.1) is 0 Å². The van der Waals surface area contributed by atoms with Crippen LogP contribution in [-0.2, 0) is 11.2 Å². The van der Waals surface area contributed by atoms with Crippen molar-refractivity contribution in [2.75, 3.05) is 37.8 Å². The molecule has 2 heterocycles. The van der Waals surface area contributed by atoms with Crippen LogP contribution in [0.3, 0.4) is 0 Å². The second kappa shape index (κ2) is 8.94. The summed E-state index contributed by atoms with van der Waals surface area (Å²) in [5.41, 5.74) is 4.58. The first kappa shape index (κ1) is 19.2. The highest BCUT2D eigenvalue weighted by Gasteiger charge is 2.11. The van der Waals surface area contributed by atoms with Crippen LogP contribution >= 0.6 is 0 Å². The molecule has 6 heteroatoms. The third-order valence-corrected chi connectivity index (χ3v) is 5.03. The molecule has 29 heavy (non-hydrogen) atoms. The van der Waals surface area contributed by atoms with Crippen LogP contribution in [0.4, 0.5) is 5.69 Å². The fourth-order valence-electron chi connectivity index (χ4n) is 3.39. The summed E-state index contributed by atoms with van der Waals surface area (Å²) in [7, 11) is 0. The number of nitrogens with zero attached hydrogens (tertiary/aromatic N) is 3. The van der Waals surface area contributed by atoms with E-state index in [1.807, 2.05) is 18.2 Å². The summed E-state index contributed by atoms with van der Waals surface area (Å²) >= 11 is 0. The Bertz CT molecular complexity index is 965. The summed E-state index contributed by atoms with van der Waals surface area (Å²) in [6.07, 6.45) is 2.41. The lowest BCUT2D eigenvalue weighted by Crippen LogP contribution is -2.36. The van der Waals surface area contributed by atoms with E-state index in [1.54, 1.807) is 18.3 Å². The van der Waals surface area contributed by atoms with Gasteiger partial charge in [0.25, 0.3) is 0 Å². The van der Waals surface area contributed by atoms with Crippen molar-refractivity contribution in [3.05, 3.63) is 77.7 Å². The van der Waals surface area contributed by atoms with Crippen LogP contribution in [0.5, 0.6) is 0 Å². The number of anilines is 1. The lowest BCUT2D eigenvalue weighted by molar-refractivity contribution is 0.0903. The van der Waals surface area contributed by atoms with E-state index in [-0.39, 0.29) is 5.78 Å². The number of benzene rings is 2. The molecule has 1 saturated heterocycles. The topological polar surface area (TPSA) is 75.5 Å². The molecule has 0 saturated carbocycles. The van der Waals surface area contributed by atoms with Crippen molar-refractivity contribution in [3.8, 4) is 11.3 Å². The Balaban J connectivity index is 1.46. The summed E-state index contributed by atoms with van der Waals surface area (Å²) in [4.78, 5) is 23.0. The monoisotopic (exact) mass is 389 g/mol. The van der Waals surface area contributed by atoms with Crippen molar-refractivity contribution in [3.63, 3.8) is 0 Å². The number of aliphatic hydroxyl groups is 1. The minimum Gasteiger partial charge on any atom is -0.388 e. The molecule has 148 valence electrons. The minimum atomic E-state index is -0.485. The standard InChI is InChI=1S/C23H23N3O3/c27-16-22(28)19-5-3-18(4-6-19)21-9-10-24-23(25-21)15-17-1-7-20(8-2-17)26-11-13-29-14-12-26/h1-10,27H,11-16H2. The zero-order valence-corrected chi connectivity index (χ0v) is 16.1. The summed E-state index contributed by atoms with van der Waals surface area (Å²) in [5.74, 6) is 0.456. The summed E-state index contributed by atoms with van der Waals surface area (Å²) in [6.45, 7) is 2.91. The zero-order chi connectivity index (χ0) is 20.1. The first-order valence-electron chi connectivity index (χ1n) is 9.71. The molecule has 0 unspecified atom stereocenters. The predicted octanol–water partition coefficient (Wildman–Crippen LogP) is 2.75. The highest BCUT2D eigenvalue weighted by atomic mass is 16.5. The van der Waals surface area contributed by atoms with E-state index in [1.165, 1.54) is 5.69 Å². The number of hydrogen-bond donors (Lipinski definition) is 1. The fraction of sp³-hybridized carbons (Fsp3) is 0.261. The molecule has 2 aromatic carbocycles.